The van der Waals surface area contributed by atoms with Crippen LogP contribution in [-0.2, 0) is 19.3 Å². The number of aliphatic hydroxyl groups is 3. The molecular formula is C12H14NO11S-. The molecule has 5 atom stereocenters. The molecule has 12 nitrogen and oxygen atoms in total. The summed E-state index contributed by atoms with van der Waals surface area (Å²) < 4.78 is 46.7. The van der Waals surface area contributed by atoms with Crippen LogP contribution in [0.15, 0.2) is 24.3 Å². The molecular weight excluding hydrogens is 366 g/mol. The molecule has 1 heterocycles. The first-order valence-electron chi connectivity index (χ1n) is 6.80. The van der Waals surface area contributed by atoms with Gasteiger partial charge in [0.05, 0.1) is 11.5 Å². The van der Waals surface area contributed by atoms with Crippen LogP contribution in [0.3, 0.4) is 0 Å². The molecule has 25 heavy (non-hydrogen) atoms. The van der Waals surface area contributed by atoms with E-state index in [0.29, 0.717) is 0 Å². The molecule has 2 rings (SSSR count). The predicted molar refractivity (Wildman–Crippen MR) is 76.1 cm³/mol. The topological polar surface area (TPSA) is 189 Å². The molecule has 0 saturated carbocycles. The van der Waals surface area contributed by atoms with Crippen molar-refractivity contribution in [2.24, 2.45) is 0 Å². The van der Waals surface area contributed by atoms with E-state index < -0.39 is 52.6 Å². The number of non-ortho nitro benzene ring substituents is 1. The van der Waals surface area contributed by atoms with Crippen LogP contribution < -0.4 is 4.74 Å². The minimum atomic E-state index is -5.27. The number of benzene rings is 1. The third-order valence-corrected chi connectivity index (χ3v) is 3.81. The molecule has 1 fully saturated rings. The highest BCUT2D eigenvalue weighted by Crippen LogP contribution is 2.27. The Morgan fingerprint density at radius 2 is 1.80 bits per heavy atom. The Bertz CT molecular complexity index is 706. The van der Waals surface area contributed by atoms with E-state index in [1.54, 1.807) is 0 Å². The molecule has 13 heteroatoms. The fourth-order valence-electron chi connectivity index (χ4n) is 2.18. The number of hydrogen-bond donors (Lipinski definition) is 3. The normalized spacial score (nSPS) is 30.0. The van der Waals surface area contributed by atoms with Crippen LogP contribution in [0.5, 0.6) is 5.75 Å². The van der Waals surface area contributed by atoms with Crippen molar-refractivity contribution in [3.05, 3.63) is 34.4 Å². The van der Waals surface area contributed by atoms with Gasteiger partial charge in [0.2, 0.25) is 16.7 Å². The SMILES string of the molecule is O=[N+]([O-])c1ccc(O[C@H]2O[C@H](CO)[C@@H](O)[C@H](OS(=O)(=O)[O-])[C@@H]2O)cc1. The highest BCUT2D eigenvalue weighted by Gasteiger charge is 2.47. The lowest BCUT2D eigenvalue weighted by atomic mass is 9.99. The first-order valence-corrected chi connectivity index (χ1v) is 8.13. The van der Waals surface area contributed by atoms with Crippen LogP contribution in [0.4, 0.5) is 5.69 Å². The van der Waals surface area contributed by atoms with E-state index in [1.807, 2.05) is 0 Å². The van der Waals surface area contributed by atoms with E-state index in [0.717, 1.165) is 12.1 Å². The second kappa shape index (κ2) is 7.57. The molecule has 0 amide bonds. The van der Waals surface area contributed by atoms with Gasteiger partial charge in [-0.1, -0.05) is 0 Å². The van der Waals surface area contributed by atoms with Crippen LogP contribution in [0.1, 0.15) is 0 Å². The quantitative estimate of drug-likeness (QED) is 0.220. The van der Waals surface area contributed by atoms with Crippen molar-refractivity contribution in [3.63, 3.8) is 0 Å². The Morgan fingerprint density at radius 3 is 2.28 bits per heavy atom. The van der Waals surface area contributed by atoms with Crippen LogP contribution >= 0.6 is 0 Å². The predicted octanol–water partition coefficient (Wildman–Crippen LogP) is -1.74. The summed E-state index contributed by atoms with van der Waals surface area (Å²) in [5.41, 5.74) is -0.222. The molecule has 0 bridgehead atoms. The number of nitro benzene ring substituents is 1. The van der Waals surface area contributed by atoms with Crippen LogP contribution in [0.25, 0.3) is 0 Å². The summed E-state index contributed by atoms with van der Waals surface area (Å²) in [5.74, 6) is 0.00598. The summed E-state index contributed by atoms with van der Waals surface area (Å²) in [5, 5.41) is 39.6. The van der Waals surface area contributed by atoms with E-state index in [-0.39, 0.29) is 11.4 Å². The van der Waals surface area contributed by atoms with Crippen LogP contribution in [-0.4, -0.2) is 70.5 Å². The lowest BCUT2D eigenvalue weighted by Gasteiger charge is -2.41. The average Bonchev–Trinajstić information content (AvgIpc) is 2.53. The number of ether oxygens (including phenoxy) is 2. The largest absolute Gasteiger partial charge is 0.726 e. The molecule has 0 unspecified atom stereocenters. The average molecular weight is 380 g/mol. The van der Waals surface area contributed by atoms with Gasteiger partial charge in [0.25, 0.3) is 5.69 Å². The molecule has 1 aliphatic heterocycles. The molecule has 3 N–H and O–H groups in total. The monoisotopic (exact) mass is 380 g/mol. The summed E-state index contributed by atoms with van der Waals surface area (Å²) in [6.45, 7) is -0.785. The zero-order valence-electron chi connectivity index (χ0n) is 12.4. The van der Waals surface area contributed by atoms with E-state index in [9.17, 15) is 33.3 Å². The van der Waals surface area contributed by atoms with Gasteiger partial charge in [-0.05, 0) is 12.1 Å². The molecule has 0 aromatic heterocycles. The van der Waals surface area contributed by atoms with Crippen LogP contribution in [0.2, 0.25) is 0 Å². The zero-order valence-corrected chi connectivity index (χ0v) is 13.2. The summed E-state index contributed by atoms with van der Waals surface area (Å²) >= 11 is 0. The summed E-state index contributed by atoms with van der Waals surface area (Å²) in [6, 6.07) is 4.60. The number of nitrogens with zero attached hydrogens (tertiary/aromatic N) is 1. The Morgan fingerprint density at radius 1 is 1.20 bits per heavy atom. The van der Waals surface area contributed by atoms with E-state index in [4.69, 9.17) is 14.6 Å². The second-order valence-electron chi connectivity index (χ2n) is 5.04. The van der Waals surface area contributed by atoms with Gasteiger partial charge in [-0.3, -0.25) is 14.3 Å². The minimum absolute atomic E-state index is 0.00598. The van der Waals surface area contributed by atoms with Gasteiger partial charge < -0.3 is 29.3 Å². The molecule has 0 radical (unpaired) electrons. The zero-order chi connectivity index (χ0) is 18.8. The van der Waals surface area contributed by atoms with Gasteiger partial charge in [0.1, 0.15) is 30.2 Å². The second-order valence-corrected chi connectivity index (χ2v) is 6.05. The molecule has 1 aromatic carbocycles. The van der Waals surface area contributed by atoms with Crippen molar-refractivity contribution in [1.29, 1.82) is 0 Å². The van der Waals surface area contributed by atoms with Gasteiger partial charge in [-0.2, -0.15) is 0 Å². The number of aliphatic hydroxyl groups excluding tert-OH is 3. The van der Waals surface area contributed by atoms with Crippen molar-refractivity contribution in [3.8, 4) is 5.75 Å². The van der Waals surface area contributed by atoms with Crippen molar-refractivity contribution in [2.45, 2.75) is 30.7 Å². The summed E-state index contributed by atoms with van der Waals surface area (Å²) in [7, 11) is -5.27. The highest BCUT2D eigenvalue weighted by molar-refractivity contribution is 7.80. The number of rotatable bonds is 6. The molecule has 1 saturated heterocycles. The third-order valence-electron chi connectivity index (χ3n) is 3.35. The Hall–Kier alpha value is -1.87. The van der Waals surface area contributed by atoms with E-state index in [2.05, 4.69) is 4.18 Å². The maximum absolute atomic E-state index is 10.7. The first-order chi connectivity index (χ1) is 11.6. The molecule has 140 valence electrons. The minimum Gasteiger partial charge on any atom is -0.726 e. The van der Waals surface area contributed by atoms with Gasteiger partial charge in [-0.15, -0.1) is 0 Å². The van der Waals surface area contributed by atoms with E-state index >= 15 is 0 Å². The summed E-state index contributed by atoms with van der Waals surface area (Å²) in [6.07, 6.45) is -8.68. The van der Waals surface area contributed by atoms with Gasteiger partial charge in [0, 0.05) is 12.1 Å². The highest BCUT2D eigenvalue weighted by atomic mass is 32.3. The lowest BCUT2D eigenvalue weighted by molar-refractivity contribution is -0.384. The van der Waals surface area contributed by atoms with Gasteiger partial charge in [-0.25, -0.2) is 8.42 Å². The Balaban J connectivity index is 2.19. The first kappa shape index (κ1) is 19.5. The molecule has 1 aliphatic rings. The lowest BCUT2D eigenvalue weighted by Crippen LogP contribution is -2.61. The Labute approximate surface area is 141 Å². The van der Waals surface area contributed by atoms with Gasteiger partial charge in [0.15, 0.2) is 0 Å². The van der Waals surface area contributed by atoms with Crippen molar-refractivity contribution < 1.29 is 46.9 Å². The standard InChI is InChI=1S/C12H15NO11S/c14-5-8-9(15)11(24-25(19,20)21)10(16)12(23-8)22-7-3-1-6(2-4-7)13(17)18/h1-4,8-12,14-16H,5H2,(H,19,20,21)/p-1/t8-,9-,10+,11+,12+/m1/s1. The third kappa shape index (κ3) is 4.82. The van der Waals surface area contributed by atoms with Gasteiger partial charge >= 0.3 is 0 Å². The smallest absolute Gasteiger partial charge is 0.269 e. The maximum Gasteiger partial charge on any atom is 0.269 e. The van der Waals surface area contributed by atoms with Crippen molar-refractivity contribution in [1.82, 2.24) is 0 Å². The number of hydrogen-bond acceptors (Lipinski definition) is 11. The van der Waals surface area contributed by atoms with Crippen molar-refractivity contribution >= 4 is 16.1 Å². The van der Waals surface area contributed by atoms with E-state index in [1.165, 1.54) is 12.1 Å². The van der Waals surface area contributed by atoms with Crippen LogP contribution in [0, 0.1) is 10.1 Å². The molecule has 0 aliphatic carbocycles. The Kier molecular flexibility index (Phi) is 5.89. The fourth-order valence-corrected chi connectivity index (χ4v) is 2.68. The van der Waals surface area contributed by atoms with Crippen molar-refractivity contribution in [2.75, 3.05) is 6.61 Å². The maximum atomic E-state index is 10.7. The fraction of sp³-hybridized carbons (Fsp3) is 0.500. The molecule has 0 spiro atoms. The number of nitro groups is 1. The molecule has 1 aromatic rings. The summed E-state index contributed by atoms with van der Waals surface area (Å²) in [4.78, 5) is 9.95.